The number of hydrogen-bond acceptors (Lipinski definition) is 3. The van der Waals surface area contributed by atoms with Gasteiger partial charge in [0.15, 0.2) is 0 Å². The molecule has 1 aromatic rings. The van der Waals surface area contributed by atoms with Gasteiger partial charge in [0.1, 0.15) is 11.4 Å². The monoisotopic (exact) mass is 374 g/mol. The Labute approximate surface area is 139 Å². The molecule has 2 N–H and O–H groups in total. The maximum Gasteiger partial charge on any atom is 0.407 e. The van der Waals surface area contributed by atoms with E-state index in [9.17, 15) is 9.18 Å². The van der Waals surface area contributed by atoms with E-state index < -0.39 is 11.7 Å². The fraction of sp³-hybridized carbons (Fsp3) is 0.562. The first kappa shape index (κ1) is 18.9. The number of amides is 1. The number of rotatable bonds is 5. The van der Waals surface area contributed by atoms with Crippen LogP contribution in [-0.2, 0) is 11.3 Å². The second kappa shape index (κ2) is 7.42. The van der Waals surface area contributed by atoms with Crippen molar-refractivity contribution in [1.82, 2.24) is 10.6 Å². The normalized spacial score (nSPS) is 12.1. The molecule has 124 valence electrons. The maximum absolute atomic E-state index is 13.5. The van der Waals surface area contributed by atoms with Crippen LogP contribution in [0.3, 0.4) is 0 Å². The lowest BCUT2D eigenvalue weighted by molar-refractivity contribution is 0.0513. The van der Waals surface area contributed by atoms with Crippen molar-refractivity contribution in [2.75, 3.05) is 6.54 Å². The molecule has 1 aromatic carbocycles. The van der Waals surface area contributed by atoms with Crippen molar-refractivity contribution >= 4 is 22.0 Å². The molecule has 0 spiro atoms. The topological polar surface area (TPSA) is 50.4 Å². The van der Waals surface area contributed by atoms with Crippen molar-refractivity contribution in [1.29, 1.82) is 0 Å². The molecule has 6 heteroatoms. The Hall–Kier alpha value is -1.14. The summed E-state index contributed by atoms with van der Waals surface area (Å²) in [5.41, 5.74) is -0.0251. The number of halogens is 2. The van der Waals surface area contributed by atoms with E-state index in [2.05, 4.69) is 26.6 Å². The van der Waals surface area contributed by atoms with Crippen LogP contribution in [-0.4, -0.2) is 23.8 Å². The second-order valence-corrected chi connectivity index (χ2v) is 7.70. The molecule has 0 saturated carbocycles. The molecular formula is C16H24BrFN2O2. The quantitative estimate of drug-likeness (QED) is 0.819. The minimum atomic E-state index is -0.517. The smallest absolute Gasteiger partial charge is 0.407 e. The van der Waals surface area contributed by atoms with Crippen LogP contribution in [0.1, 0.15) is 40.2 Å². The van der Waals surface area contributed by atoms with Gasteiger partial charge in [-0.3, -0.25) is 0 Å². The number of ether oxygens (including phenoxy) is 1. The van der Waals surface area contributed by atoms with Crippen molar-refractivity contribution in [3.8, 4) is 0 Å². The lowest BCUT2D eigenvalue weighted by Gasteiger charge is -2.28. The predicted octanol–water partition coefficient (Wildman–Crippen LogP) is 3.98. The van der Waals surface area contributed by atoms with Gasteiger partial charge in [-0.25, -0.2) is 9.18 Å². The summed E-state index contributed by atoms with van der Waals surface area (Å²) in [6.45, 7) is 10.3. The summed E-state index contributed by atoms with van der Waals surface area (Å²) in [6.07, 6.45) is -0.447. The maximum atomic E-state index is 13.5. The number of hydrogen-bond donors (Lipinski definition) is 2. The van der Waals surface area contributed by atoms with Gasteiger partial charge in [0, 0.05) is 18.6 Å². The molecule has 0 saturated heterocycles. The lowest BCUT2D eigenvalue weighted by Crippen LogP contribution is -2.49. The van der Waals surface area contributed by atoms with Gasteiger partial charge in [-0.15, -0.1) is 0 Å². The van der Waals surface area contributed by atoms with E-state index in [-0.39, 0.29) is 11.4 Å². The second-order valence-electron chi connectivity index (χ2n) is 6.84. The fourth-order valence-corrected chi connectivity index (χ4v) is 1.91. The van der Waals surface area contributed by atoms with E-state index in [4.69, 9.17) is 4.74 Å². The summed E-state index contributed by atoms with van der Waals surface area (Å²) in [5.74, 6) is -0.288. The van der Waals surface area contributed by atoms with Crippen molar-refractivity contribution in [2.45, 2.75) is 52.3 Å². The lowest BCUT2D eigenvalue weighted by atomic mass is 10.1. The van der Waals surface area contributed by atoms with Gasteiger partial charge in [-0.1, -0.05) is 6.07 Å². The zero-order chi connectivity index (χ0) is 17.0. The van der Waals surface area contributed by atoms with Crippen molar-refractivity contribution in [2.24, 2.45) is 0 Å². The van der Waals surface area contributed by atoms with Crippen LogP contribution in [0.4, 0.5) is 9.18 Å². The molecule has 0 bridgehead atoms. The molecule has 0 aliphatic carbocycles. The zero-order valence-electron chi connectivity index (χ0n) is 13.7. The van der Waals surface area contributed by atoms with Crippen LogP contribution >= 0.6 is 15.9 Å². The Kier molecular flexibility index (Phi) is 6.38. The average molecular weight is 375 g/mol. The summed E-state index contributed by atoms with van der Waals surface area (Å²) in [4.78, 5) is 11.6. The SMILES string of the molecule is CC(C)(CNC(=O)OC(C)(C)C)NCc1ccc(Br)c(F)c1. The average Bonchev–Trinajstić information content (AvgIpc) is 2.36. The highest BCUT2D eigenvalue weighted by Crippen LogP contribution is 2.16. The van der Waals surface area contributed by atoms with Crippen molar-refractivity contribution in [3.63, 3.8) is 0 Å². The fourth-order valence-electron chi connectivity index (χ4n) is 1.66. The van der Waals surface area contributed by atoms with Gasteiger partial charge >= 0.3 is 6.09 Å². The predicted molar refractivity (Wildman–Crippen MR) is 89.3 cm³/mol. The Bertz CT molecular complexity index is 527. The first-order chi connectivity index (χ1) is 9.98. The minimum Gasteiger partial charge on any atom is -0.444 e. The number of carbonyl (C=O) groups excluding carboxylic acids is 1. The first-order valence-corrected chi connectivity index (χ1v) is 7.94. The molecule has 1 rings (SSSR count). The van der Waals surface area contributed by atoms with Crippen LogP contribution in [0, 0.1) is 5.82 Å². The van der Waals surface area contributed by atoms with E-state index in [1.807, 2.05) is 40.7 Å². The Balaban J connectivity index is 2.46. The highest BCUT2D eigenvalue weighted by Gasteiger charge is 2.21. The standard InChI is InChI=1S/C16H24BrFN2O2/c1-15(2,3)22-14(21)19-10-16(4,5)20-9-11-6-7-12(17)13(18)8-11/h6-8,20H,9-10H2,1-5H3,(H,19,21). The molecule has 0 unspecified atom stereocenters. The summed E-state index contributed by atoms with van der Waals surface area (Å²) in [7, 11) is 0. The van der Waals surface area contributed by atoms with E-state index in [1.54, 1.807) is 6.07 Å². The number of alkyl carbamates (subject to hydrolysis) is 1. The molecule has 22 heavy (non-hydrogen) atoms. The zero-order valence-corrected chi connectivity index (χ0v) is 15.3. The molecule has 0 heterocycles. The molecule has 4 nitrogen and oxygen atoms in total. The highest BCUT2D eigenvalue weighted by atomic mass is 79.9. The Morgan fingerprint density at radius 1 is 1.27 bits per heavy atom. The number of nitrogens with one attached hydrogen (secondary N) is 2. The molecule has 0 aliphatic rings. The largest absolute Gasteiger partial charge is 0.444 e. The van der Waals surface area contributed by atoms with Gasteiger partial charge in [-0.2, -0.15) is 0 Å². The van der Waals surface area contributed by atoms with Crippen molar-refractivity contribution in [3.05, 3.63) is 34.1 Å². The van der Waals surface area contributed by atoms with Gasteiger partial charge in [0.2, 0.25) is 0 Å². The third kappa shape index (κ3) is 7.22. The molecule has 0 aliphatic heterocycles. The molecule has 0 radical (unpaired) electrons. The third-order valence-corrected chi connectivity index (χ3v) is 3.47. The molecule has 0 fully saturated rings. The van der Waals surface area contributed by atoms with E-state index in [1.165, 1.54) is 6.07 Å². The third-order valence-electron chi connectivity index (χ3n) is 2.83. The van der Waals surface area contributed by atoms with Crippen molar-refractivity contribution < 1.29 is 13.9 Å². The molecule has 0 aromatic heterocycles. The van der Waals surface area contributed by atoms with Gasteiger partial charge < -0.3 is 15.4 Å². The summed E-state index contributed by atoms with van der Waals surface area (Å²) in [5, 5.41) is 6.02. The summed E-state index contributed by atoms with van der Waals surface area (Å²) >= 11 is 3.13. The Morgan fingerprint density at radius 3 is 2.45 bits per heavy atom. The summed E-state index contributed by atoms with van der Waals surface area (Å²) < 4.78 is 19.1. The van der Waals surface area contributed by atoms with Crippen LogP contribution in [0.2, 0.25) is 0 Å². The molecule has 0 atom stereocenters. The van der Waals surface area contributed by atoms with Crippen LogP contribution in [0.5, 0.6) is 0 Å². The number of benzene rings is 1. The van der Waals surface area contributed by atoms with Gasteiger partial charge in [0.25, 0.3) is 0 Å². The first-order valence-electron chi connectivity index (χ1n) is 7.14. The Morgan fingerprint density at radius 2 is 1.91 bits per heavy atom. The minimum absolute atomic E-state index is 0.288. The van der Waals surface area contributed by atoms with E-state index in [0.717, 1.165) is 5.56 Å². The highest BCUT2D eigenvalue weighted by molar-refractivity contribution is 9.10. The van der Waals surface area contributed by atoms with Crippen LogP contribution in [0.15, 0.2) is 22.7 Å². The van der Waals surface area contributed by atoms with Crippen LogP contribution < -0.4 is 10.6 Å². The van der Waals surface area contributed by atoms with E-state index in [0.29, 0.717) is 17.6 Å². The molecule has 1 amide bonds. The van der Waals surface area contributed by atoms with E-state index >= 15 is 0 Å². The summed E-state index contributed by atoms with van der Waals surface area (Å²) in [6, 6.07) is 5.00. The molecular weight excluding hydrogens is 351 g/mol. The van der Waals surface area contributed by atoms with Gasteiger partial charge in [-0.05, 0) is 68.2 Å². The van der Waals surface area contributed by atoms with Crippen LogP contribution in [0.25, 0.3) is 0 Å². The van der Waals surface area contributed by atoms with Gasteiger partial charge in [0.05, 0.1) is 4.47 Å². The number of carbonyl (C=O) groups is 1.